The van der Waals surface area contributed by atoms with Crippen LogP contribution in [-0.4, -0.2) is 23.6 Å². The van der Waals surface area contributed by atoms with Crippen molar-refractivity contribution < 1.29 is 12.8 Å². The summed E-state index contributed by atoms with van der Waals surface area (Å²) in [5.74, 6) is 0.871. The molecular formula is C13H17ClN4O3S. The van der Waals surface area contributed by atoms with Crippen molar-refractivity contribution in [2.45, 2.75) is 38.1 Å². The third-order valence-electron chi connectivity index (χ3n) is 2.85. The van der Waals surface area contributed by atoms with Gasteiger partial charge >= 0.3 is 0 Å². The SMILES string of the molecule is Cc1nnc(C(CC(C)C)NS(=O)(=O)c2ccc(Cl)nc2)o1. The van der Waals surface area contributed by atoms with Gasteiger partial charge in [-0.25, -0.2) is 13.4 Å². The minimum absolute atomic E-state index is 0.0295. The molecule has 2 aromatic heterocycles. The van der Waals surface area contributed by atoms with Crippen LogP contribution in [0.3, 0.4) is 0 Å². The first kappa shape index (κ1) is 16.9. The first-order chi connectivity index (χ1) is 10.3. The molecule has 0 radical (unpaired) electrons. The number of halogens is 1. The van der Waals surface area contributed by atoms with E-state index in [1.54, 1.807) is 6.92 Å². The van der Waals surface area contributed by atoms with Crippen LogP contribution in [0.15, 0.2) is 27.6 Å². The van der Waals surface area contributed by atoms with Gasteiger partial charge in [0.1, 0.15) is 16.1 Å². The molecule has 0 fully saturated rings. The predicted octanol–water partition coefficient (Wildman–Crippen LogP) is 2.49. The number of nitrogens with zero attached hydrogens (tertiary/aromatic N) is 3. The van der Waals surface area contributed by atoms with Gasteiger partial charge in [0.2, 0.25) is 21.8 Å². The van der Waals surface area contributed by atoms with Gasteiger partial charge in [-0.1, -0.05) is 25.4 Å². The number of hydrogen-bond donors (Lipinski definition) is 1. The zero-order valence-electron chi connectivity index (χ0n) is 12.4. The molecule has 2 rings (SSSR count). The van der Waals surface area contributed by atoms with Crippen molar-refractivity contribution in [2.24, 2.45) is 5.92 Å². The van der Waals surface area contributed by atoms with Crippen LogP contribution in [0, 0.1) is 12.8 Å². The fourth-order valence-corrected chi connectivity index (χ4v) is 3.16. The van der Waals surface area contributed by atoms with Gasteiger partial charge in [-0.2, -0.15) is 4.72 Å². The van der Waals surface area contributed by atoms with Gasteiger partial charge in [-0.05, 0) is 24.5 Å². The zero-order chi connectivity index (χ0) is 16.3. The smallest absolute Gasteiger partial charge is 0.242 e. The van der Waals surface area contributed by atoms with Gasteiger partial charge in [0.25, 0.3) is 0 Å². The lowest BCUT2D eigenvalue weighted by Gasteiger charge is -2.17. The van der Waals surface area contributed by atoms with E-state index in [-0.39, 0.29) is 21.9 Å². The van der Waals surface area contributed by atoms with Crippen LogP contribution < -0.4 is 4.72 Å². The van der Waals surface area contributed by atoms with E-state index < -0.39 is 16.1 Å². The molecule has 0 saturated carbocycles. The van der Waals surface area contributed by atoms with E-state index in [2.05, 4.69) is 19.9 Å². The second kappa shape index (κ2) is 6.72. The number of aryl methyl sites for hydroxylation is 1. The summed E-state index contributed by atoms with van der Waals surface area (Å²) < 4.78 is 32.8. The van der Waals surface area contributed by atoms with Gasteiger partial charge in [0.05, 0.1) is 0 Å². The molecule has 0 aromatic carbocycles. The monoisotopic (exact) mass is 344 g/mol. The van der Waals surface area contributed by atoms with Crippen molar-refractivity contribution in [1.29, 1.82) is 0 Å². The zero-order valence-corrected chi connectivity index (χ0v) is 14.0. The number of rotatable bonds is 6. The van der Waals surface area contributed by atoms with Crippen molar-refractivity contribution in [3.05, 3.63) is 35.3 Å². The van der Waals surface area contributed by atoms with Crippen LogP contribution in [0.25, 0.3) is 0 Å². The van der Waals surface area contributed by atoms with E-state index in [1.807, 2.05) is 13.8 Å². The molecule has 0 spiro atoms. The molecule has 7 nitrogen and oxygen atoms in total. The van der Waals surface area contributed by atoms with E-state index >= 15 is 0 Å². The summed E-state index contributed by atoms with van der Waals surface area (Å²) >= 11 is 5.68. The minimum atomic E-state index is -3.76. The molecule has 2 aromatic rings. The van der Waals surface area contributed by atoms with Crippen LogP contribution in [0.5, 0.6) is 0 Å². The normalized spacial score (nSPS) is 13.5. The summed E-state index contributed by atoms with van der Waals surface area (Å²) in [6.07, 6.45) is 1.73. The largest absolute Gasteiger partial charge is 0.424 e. The summed E-state index contributed by atoms with van der Waals surface area (Å²) in [4.78, 5) is 3.81. The van der Waals surface area contributed by atoms with Gasteiger partial charge in [-0.15, -0.1) is 10.2 Å². The predicted molar refractivity (Wildman–Crippen MR) is 80.8 cm³/mol. The Morgan fingerprint density at radius 3 is 2.55 bits per heavy atom. The topological polar surface area (TPSA) is 98.0 Å². The van der Waals surface area contributed by atoms with Crippen molar-refractivity contribution in [3.63, 3.8) is 0 Å². The number of nitrogens with one attached hydrogen (secondary N) is 1. The Bertz CT molecular complexity index is 728. The molecule has 0 aliphatic carbocycles. The van der Waals surface area contributed by atoms with E-state index in [0.29, 0.717) is 12.3 Å². The second-order valence-electron chi connectivity index (χ2n) is 5.28. The average Bonchev–Trinajstić information content (AvgIpc) is 2.84. The highest BCUT2D eigenvalue weighted by atomic mass is 35.5. The molecule has 0 aliphatic rings. The number of aromatic nitrogens is 3. The lowest BCUT2D eigenvalue weighted by Crippen LogP contribution is -2.30. The number of hydrogen-bond acceptors (Lipinski definition) is 6. The first-order valence-electron chi connectivity index (χ1n) is 6.72. The molecule has 22 heavy (non-hydrogen) atoms. The fraction of sp³-hybridized carbons (Fsp3) is 0.462. The highest BCUT2D eigenvalue weighted by molar-refractivity contribution is 7.89. The summed E-state index contributed by atoms with van der Waals surface area (Å²) in [6, 6.07) is 2.22. The molecule has 120 valence electrons. The van der Waals surface area contributed by atoms with E-state index in [1.165, 1.54) is 18.3 Å². The van der Waals surface area contributed by atoms with Crippen molar-refractivity contribution >= 4 is 21.6 Å². The third kappa shape index (κ3) is 4.25. The molecule has 0 saturated heterocycles. The fourth-order valence-electron chi connectivity index (χ4n) is 1.90. The summed E-state index contributed by atoms with van der Waals surface area (Å²) in [6.45, 7) is 5.61. The van der Waals surface area contributed by atoms with Gasteiger partial charge in [-0.3, -0.25) is 0 Å². The Kier molecular flexibility index (Phi) is 5.15. The molecular weight excluding hydrogens is 328 g/mol. The standard InChI is InChI=1S/C13H17ClN4O3S/c1-8(2)6-11(13-17-16-9(3)21-13)18-22(19,20)10-4-5-12(14)15-7-10/h4-5,7-8,11,18H,6H2,1-3H3. The highest BCUT2D eigenvalue weighted by Gasteiger charge is 2.26. The van der Waals surface area contributed by atoms with Crippen LogP contribution in [0.2, 0.25) is 5.15 Å². The lowest BCUT2D eigenvalue weighted by molar-refractivity contribution is 0.372. The maximum absolute atomic E-state index is 12.4. The maximum atomic E-state index is 12.4. The minimum Gasteiger partial charge on any atom is -0.424 e. The molecule has 9 heteroatoms. The molecule has 0 aliphatic heterocycles. The lowest BCUT2D eigenvalue weighted by atomic mass is 10.0. The van der Waals surface area contributed by atoms with Crippen molar-refractivity contribution in [1.82, 2.24) is 19.9 Å². The molecule has 0 amide bonds. The van der Waals surface area contributed by atoms with E-state index in [9.17, 15) is 8.42 Å². The number of pyridine rings is 1. The Morgan fingerprint density at radius 1 is 1.32 bits per heavy atom. The van der Waals surface area contributed by atoms with Crippen molar-refractivity contribution in [3.8, 4) is 0 Å². The van der Waals surface area contributed by atoms with Crippen LogP contribution in [0.4, 0.5) is 0 Å². The molecule has 1 N–H and O–H groups in total. The first-order valence-corrected chi connectivity index (χ1v) is 8.58. The van der Waals surface area contributed by atoms with Gasteiger partial charge in [0.15, 0.2) is 0 Å². The van der Waals surface area contributed by atoms with Gasteiger partial charge < -0.3 is 4.42 Å². The van der Waals surface area contributed by atoms with Crippen LogP contribution >= 0.6 is 11.6 Å². The molecule has 1 atom stereocenters. The number of sulfonamides is 1. The van der Waals surface area contributed by atoms with Crippen LogP contribution in [-0.2, 0) is 10.0 Å². The summed E-state index contributed by atoms with van der Waals surface area (Å²) in [5, 5.41) is 7.89. The quantitative estimate of drug-likeness (QED) is 0.808. The Balaban J connectivity index is 2.27. The van der Waals surface area contributed by atoms with Crippen molar-refractivity contribution in [2.75, 3.05) is 0 Å². The van der Waals surface area contributed by atoms with Crippen LogP contribution in [0.1, 0.15) is 38.1 Å². The Morgan fingerprint density at radius 2 is 2.05 bits per heavy atom. The van der Waals surface area contributed by atoms with E-state index in [0.717, 1.165) is 0 Å². The maximum Gasteiger partial charge on any atom is 0.242 e. The van der Waals surface area contributed by atoms with Gasteiger partial charge in [0, 0.05) is 13.1 Å². The Hall–Kier alpha value is -1.51. The molecule has 1 unspecified atom stereocenters. The Labute approximate surface area is 134 Å². The molecule has 2 heterocycles. The second-order valence-corrected chi connectivity index (χ2v) is 7.38. The average molecular weight is 345 g/mol. The summed E-state index contributed by atoms with van der Waals surface area (Å²) in [5.41, 5.74) is 0. The van der Waals surface area contributed by atoms with E-state index in [4.69, 9.17) is 16.0 Å². The third-order valence-corrected chi connectivity index (χ3v) is 4.54. The summed E-state index contributed by atoms with van der Waals surface area (Å²) in [7, 11) is -3.76. The molecule has 0 bridgehead atoms. The highest BCUT2D eigenvalue weighted by Crippen LogP contribution is 2.23.